The number of hydrogen-bond donors (Lipinski definition) is 2. The summed E-state index contributed by atoms with van der Waals surface area (Å²) in [6, 6.07) is -0.601. The lowest BCUT2D eigenvalue weighted by molar-refractivity contribution is -0.291. The number of fused-ring (bicyclic) bond motifs is 1. The molecule has 1 atom stereocenters. The number of halogens is 3. The molecule has 2 N–H and O–H groups in total. The van der Waals surface area contributed by atoms with Crippen molar-refractivity contribution in [3.05, 3.63) is 18.2 Å². The highest BCUT2D eigenvalue weighted by molar-refractivity contribution is 5.79. The van der Waals surface area contributed by atoms with Gasteiger partial charge in [0.25, 0.3) is 0 Å². The smallest absolute Gasteiger partial charge is 0.380 e. The first-order valence-electron chi connectivity index (χ1n) is 6.87. The summed E-state index contributed by atoms with van der Waals surface area (Å²) in [5, 5.41) is 12.0. The van der Waals surface area contributed by atoms with Crippen molar-refractivity contribution in [1.82, 2.24) is 14.9 Å². The molecule has 21 heavy (non-hydrogen) atoms. The molecule has 1 unspecified atom stereocenters. The van der Waals surface area contributed by atoms with Gasteiger partial charge >= 0.3 is 6.18 Å². The SMILES string of the molecule is O=C(NC1CC(O)(C(F)(F)F)C1)C1CCn2cncc2C1. The molecule has 0 saturated heterocycles. The topological polar surface area (TPSA) is 67.2 Å². The van der Waals surface area contributed by atoms with Crippen molar-refractivity contribution in [3.63, 3.8) is 0 Å². The fourth-order valence-electron chi connectivity index (χ4n) is 3.00. The second kappa shape index (κ2) is 4.72. The molecule has 1 aromatic heterocycles. The molecule has 5 nitrogen and oxygen atoms in total. The van der Waals surface area contributed by atoms with E-state index in [-0.39, 0.29) is 11.8 Å². The van der Waals surface area contributed by atoms with Crippen molar-refractivity contribution in [2.75, 3.05) is 0 Å². The number of aromatic nitrogens is 2. The van der Waals surface area contributed by atoms with Crippen LogP contribution < -0.4 is 5.32 Å². The van der Waals surface area contributed by atoms with E-state index in [2.05, 4.69) is 10.3 Å². The molecule has 116 valence electrons. The maximum absolute atomic E-state index is 12.5. The molecule has 1 amide bonds. The molecule has 1 saturated carbocycles. The zero-order valence-corrected chi connectivity index (χ0v) is 11.2. The van der Waals surface area contributed by atoms with Gasteiger partial charge in [0.2, 0.25) is 5.91 Å². The third-order valence-electron chi connectivity index (χ3n) is 4.39. The van der Waals surface area contributed by atoms with Crippen molar-refractivity contribution >= 4 is 5.91 Å². The normalized spacial score (nSPS) is 32.2. The van der Waals surface area contributed by atoms with Crippen LogP contribution in [-0.4, -0.2) is 38.4 Å². The number of hydrogen-bond acceptors (Lipinski definition) is 3. The Hall–Kier alpha value is -1.57. The Morgan fingerprint density at radius 1 is 1.48 bits per heavy atom. The summed E-state index contributed by atoms with van der Waals surface area (Å²) in [4.78, 5) is 16.1. The molecule has 0 radical (unpaired) electrons. The Labute approximate surface area is 119 Å². The van der Waals surface area contributed by atoms with Crippen LogP contribution in [0.4, 0.5) is 13.2 Å². The number of aryl methyl sites for hydroxylation is 1. The molecule has 8 heteroatoms. The first-order chi connectivity index (χ1) is 9.78. The molecule has 1 aliphatic carbocycles. The van der Waals surface area contributed by atoms with E-state index < -0.39 is 30.7 Å². The lowest BCUT2D eigenvalue weighted by atomic mass is 9.75. The number of rotatable bonds is 2. The van der Waals surface area contributed by atoms with Crippen LogP contribution in [0.1, 0.15) is 25.0 Å². The van der Waals surface area contributed by atoms with Gasteiger partial charge in [-0.2, -0.15) is 13.2 Å². The predicted molar refractivity (Wildman–Crippen MR) is 66.2 cm³/mol. The van der Waals surface area contributed by atoms with Crippen LogP contribution >= 0.6 is 0 Å². The van der Waals surface area contributed by atoms with E-state index in [9.17, 15) is 23.1 Å². The van der Waals surface area contributed by atoms with Gasteiger partial charge in [0, 0.05) is 49.7 Å². The quantitative estimate of drug-likeness (QED) is 0.857. The summed E-state index contributed by atoms with van der Waals surface area (Å²) in [5.74, 6) is -0.481. The second-order valence-electron chi connectivity index (χ2n) is 5.91. The van der Waals surface area contributed by atoms with E-state index in [1.807, 2.05) is 4.57 Å². The van der Waals surface area contributed by atoms with Crippen LogP contribution in [0.5, 0.6) is 0 Å². The van der Waals surface area contributed by atoms with Crippen LogP contribution in [0.25, 0.3) is 0 Å². The number of carbonyl (C=O) groups is 1. The zero-order valence-electron chi connectivity index (χ0n) is 11.2. The second-order valence-corrected chi connectivity index (χ2v) is 5.91. The van der Waals surface area contributed by atoms with E-state index in [0.29, 0.717) is 19.4 Å². The van der Waals surface area contributed by atoms with Crippen molar-refractivity contribution in [3.8, 4) is 0 Å². The molecular formula is C13H16F3N3O2. The fraction of sp³-hybridized carbons (Fsp3) is 0.692. The Balaban J connectivity index is 1.53. The maximum Gasteiger partial charge on any atom is 0.417 e. The van der Waals surface area contributed by atoms with Crippen molar-refractivity contribution in [1.29, 1.82) is 0 Å². The molecule has 0 bridgehead atoms. The van der Waals surface area contributed by atoms with Gasteiger partial charge in [0.1, 0.15) is 0 Å². The lowest BCUT2D eigenvalue weighted by Gasteiger charge is -2.45. The summed E-state index contributed by atoms with van der Waals surface area (Å²) in [7, 11) is 0. The summed E-state index contributed by atoms with van der Waals surface area (Å²) in [6.45, 7) is 0.685. The van der Waals surface area contributed by atoms with E-state index in [0.717, 1.165) is 5.69 Å². The van der Waals surface area contributed by atoms with Crippen LogP contribution in [0.15, 0.2) is 12.5 Å². The molecule has 3 rings (SSSR count). The minimum atomic E-state index is -4.63. The molecule has 0 aromatic carbocycles. The molecule has 2 heterocycles. The van der Waals surface area contributed by atoms with Gasteiger partial charge in [-0.15, -0.1) is 0 Å². The number of amides is 1. The number of carbonyl (C=O) groups excluding carboxylic acids is 1. The minimum absolute atomic E-state index is 0.239. The van der Waals surface area contributed by atoms with E-state index in [4.69, 9.17) is 0 Å². The first kappa shape index (κ1) is 14.4. The Morgan fingerprint density at radius 2 is 2.19 bits per heavy atom. The first-order valence-corrected chi connectivity index (χ1v) is 6.87. The van der Waals surface area contributed by atoms with E-state index in [1.165, 1.54) is 0 Å². The minimum Gasteiger partial charge on any atom is -0.380 e. The van der Waals surface area contributed by atoms with Crippen molar-refractivity contribution < 1.29 is 23.1 Å². The maximum atomic E-state index is 12.5. The van der Waals surface area contributed by atoms with Crippen molar-refractivity contribution in [2.24, 2.45) is 5.92 Å². The Kier molecular flexibility index (Phi) is 3.23. The highest BCUT2D eigenvalue weighted by Crippen LogP contribution is 2.45. The summed E-state index contributed by atoms with van der Waals surface area (Å²) in [5.41, 5.74) is -1.68. The Bertz CT molecular complexity index is 549. The molecule has 1 fully saturated rings. The number of imidazole rings is 1. The fourth-order valence-corrected chi connectivity index (χ4v) is 3.00. The molecular weight excluding hydrogens is 287 g/mol. The van der Waals surface area contributed by atoms with Gasteiger partial charge in [0.15, 0.2) is 5.60 Å². The zero-order chi connectivity index (χ0) is 15.3. The van der Waals surface area contributed by atoms with Crippen LogP contribution in [-0.2, 0) is 17.8 Å². The van der Waals surface area contributed by atoms with Crippen LogP contribution in [0.3, 0.4) is 0 Å². The van der Waals surface area contributed by atoms with E-state index >= 15 is 0 Å². The highest BCUT2D eigenvalue weighted by atomic mass is 19.4. The molecule has 1 aromatic rings. The molecule has 1 aliphatic heterocycles. The third kappa shape index (κ3) is 2.52. The van der Waals surface area contributed by atoms with Gasteiger partial charge < -0.3 is 15.0 Å². The lowest BCUT2D eigenvalue weighted by Crippen LogP contribution is -2.62. The average Bonchev–Trinajstić information content (AvgIpc) is 2.82. The van der Waals surface area contributed by atoms with Gasteiger partial charge in [0.05, 0.1) is 6.33 Å². The summed E-state index contributed by atoms with van der Waals surface area (Å²) in [6.07, 6.45) is -0.969. The van der Waals surface area contributed by atoms with Gasteiger partial charge in [-0.3, -0.25) is 4.79 Å². The van der Waals surface area contributed by atoms with Gasteiger partial charge in [-0.25, -0.2) is 4.98 Å². The van der Waals surface area contributed by atoms with E-state index in [1.54, 1.807) is 12.5 Å². The summed E-state index contributed by atoms with van der Waals surface area (Å²) >= 11 is 0. The van der Waals surface area contributed by atoms with Gasteiger partial charge in [-0.1, -0.05) is 0 Å². The largest absolute Gasteiger partial charge is 0.417 e. The van der Waals surface area contributed by atoms with Crippen LogP contribution in [0, 0.1) is 5.92 Å². The monoisotopic (exact) mass is 303 g/mol. The predicted octanol–water partition coefficient (Wildman–Crippen LogP) is 1.02. The van der Waals surface area contributed by atoms with Gasteiger partial charge in [-0.05, 0) is 6.42 Å². The standard InChI is InChI=1S/C13H16F3N3O2/c14-13(15,16)12(21)4-9(5-12)18-11(20)8-1-2-19-7-17-6-10(19)3-8/h6-9,21H,1-5H2,(H,18,20). The Morgan fingerprint density at radius 3 is 2.86 bits per heavy atom. The molecule has 2 aliphatic rings. The number of alkyl halides is 3. The van der Waals surface area contributed by atoms with Crippen molar-refractivity contribution in [2.45, 2.75) is 50.0 Å². The number of nitrogens with zero attached hydrogens (tertiary/aromatic N) is 2. The number of aliphatic hydroxyl groups is 1. The summed E-state index contributed by atoms with van der Waals surface area (Å²) < 4.78 is 39.5. The third-order valence-corrected chi connectivity index (χ3v) is 4.39. The van der Waals surface area contributed by atoms with Crippen LogP contribution in [0.2, 0.25) is 0 Å². The highest BCUT2D eigenvalue weighted by Gasteiger charge is 2.61. The average molecular weight is 303 g/mol. The number of nitrogens with one attached hydrogen (secondary N) is 1. The molecule has 0 spiro atoms.